The first-order chi connectivity index (χ1) is 8.65. The molecule has 2 fully saturated rings. The topological polar surface area (TPSA) is 32.3 Å². The van der Waals surface area contributed by atoms with Gasteiger partial charge in [0, 0.05) is 19.5 Å². The molecule has 2 rings (SSSR count). The summed E-state index contributed by atoms with van der Waals surface area (Å²) in [6, 6.07) is 0. The average Bonchev–Trinajstić information content (AvgIpc) is 2.96. The monoisotopic (exact) mass is 252 g/mol. The summed E-state index contributed by atoms with van der Waals surface area (Å²) in [5, 5.41) is 3.24. The number of likely N-dealkylation sites (tertiary alicyclic amines) is 1. The van der Waals surface area contributed by atoms with Gasteiger partial charge in [0.1, 0.15) is 0 Å². The second-order valence-corrected chi connectivity index (χ2v) is 6.37. The summed E-state index contributed by atoms with van der Waals surface area (Å²) in [5.41, 5.74) is 0.0571. The van der Waals surface area contributed by atoms with Crippen LogP contribution in [0.3, 0.4) is 0 Å². The fraction of sp³-hybridized carbons (Fsp3) is 0.933. The van der Waals surface area contributed by atoms with Crippen LogP contribution in [0.25, 0.3) is 0 Å². The number of amides is 1. The minimum atomic E-state index is 0.0571. The van der Waals surface area contributed by atoms with Crippen molar-refractivity contribution in [3.05, 3.63) is 0 Å². The molecule has 0 aromatic heterocycles. The van der Waals surface area contributed by atoms with Gasteiger partial charge in [-0.25, -0.2) is 0 Å². The van der Waals surface area contributed by atoms with Crippen molar-refractivity contribution in [3.8, 4) is 0 Å². The number of hydrogen-bond acceptors (Lipinski definition) is 2. The standard InChI is InChI=1S/C15H28N2O/c1-15(12-16-2)10-5-11-17(15)14(18)9-8-13-6-3-4-7-13/h13,16H,3-12H2,1-2H3. The summed E-state index contributed by atoms with van der Waals surface area (Å²) in [5.74, 6) is 1.21. The largest absolute Gasteiger partial charge is 0.336 e. The number of nitrogens with one attached hydrogen (secondary N) is 1. The maximum absolute atomic E-state index is 12.4. The first-order valence-electron chi connectivity index (χ1n) is 7.61. The summed E-state index contributed by atoms with van der Waals surface area (Å²) in [6.07, 6.45) is 9.63. The van der Waals surface area contributed by atoms with Gasteiger partial charge < -0.3 is 10.2 Å². The van der Waals surface area contributed by atoms with Crippen molar-refractivity contribution >= 4 is 5.91 Å². The Labute approximate surface area is 111 Å². The van der Waals surface area contributed by atoms with Gasteiger partial charge in [0.2, 0.25) is 5.91 Å². The fourth-order valence-electron chi connectivity index (χ4n) is 3.77. The van der Waals surface area contributed by atoms with Gasteiger partial charge in [0.15, 0.2) is 0 Å². The van der Waals surface area contributed by atoms with E-state index in [4.69, 9.17) is 0 Å². The summed E-state index contributed by atoms with van der Waals surface area (Å²) < 4.78 is 0. The van der Waals surface area contributed by atoms with E-state index in [2.05, 4.69) is 17.1 Å². The number of rotatable bonds is 5. The summed E-state index contributed by atoms with van der Waals surface area (Å²) >= 11 is 0. The molecule has 1 N–H and O–H groups in total. The molecule has 1 unspecified atom stereocenters. The molecule has 1 heterocycles. The van der Waals surface area contributed by atoms with Crippen molar-refractivity contribution in [3.63, 3.8) is 0 Å². The molecule has 1 amide bonds. The third kappa shape index (κ3) is 3.05. The van der Waals surface area contributed by atoms with Crippen LogP contribution in [-0.4, -0.2) is 36.5 Å². The van der Waals surface area contributed by atoms with Crippen LogP contribution < -0.4 is 5.32 Å². The molecule has 1 saturated carbocycles. The molecule has 2 aliphatic rings. The van der Waals surface area contributed by atoms with Crippen LogP contribution in [0.2, 0.25) is 0 Å². The van der Waals surface area contributed by atoms with Gasteiger partial charge in [0.05, 0.1) is 5.54 Å². The van der Waals surface area contributed by atoms with Crippen molar-refractivity contribution in [2.45, 2.75) is 63.8 Å². The van der Waals surface area contributed by atoms with Crippen LogP contribution >= 0.6 is 0 Å². The van der Waals surface area contributed by atoms with Crippen LogP contribution in [0.4, 0.5) is 0 Å². The van der Waals surface area contributed by atoms with E-state index in [1.807, 2.05) is 7.05 Å². The molecule has 1 atom stereocenters. The van der Waals surface area contributed by atoms with Gasteiger partial charge in [0.25, 0.3) is 0 Å². The second kappa shape index (κ2) is 6.05. The van der Waals surface area contributed by atoms with Gasteiger partial charge in [-0.3, -0.25) is 4.79 Å². The highest BCUT2D eigenvalue weighted by molar-refractivity contribution is 5.77. The van der Waals surface area contributed by atoms with Crippen molar-refractivity contribution < 1.29 is 4.79 Å². The lowest BCUT2D eigenvalue weighted by molar-refractivity contribution is -0.135. The van der Waals surface area contributed by atoms with Crippen LogP contribution in [0.5, 0.6) is 0 Å². The number of carbonyl (C=O) groups is 1. The molecule has 1 aliphatic heterocycles. The first kappa shape index (κ1) is 13.9. The molecule has 0 aromatic carbocycles. The highest BCUT2D eigenvalue weighted by atomic mass is 16.2. The van der Waals surface area contributed by atoms with E-state index in [0.717, 1.165) is 44.7 Å². The Hall–Kier alpha value is -0.570. The summed E-state index contributed by atoms with van der Waals surface area (Å²) in [7, 11) is 1.98. The maximum Gasteiger partial charge on any atom is 0.223 e. The molecule has 1 saturated heterocycles. The van der Waals surface area contributed by atoms with Crippen LogP contribution in [0.15, 0.2) is 0 Å². The van der Waals surface area contributed by atoms with Gasteiger partial charge in [-0.15, -0.1) is 0 Å². The fourth-order valence-corrected chi connectivity index (χ4v) is 3.77. The lowest BCUT2D eigenvalue weighted by Gasteiger charge is -2.35. The Morgan fingerprint density at radius 2 is 2.06 bits per heavy atom. The number of hydrogen-bond donors (Lipinski definition) is 1. The Bertz CT molecular complexity index is 286. The second-order valence-electron chi connectivity index (χ2n) is 6.37. The first-order valence-corrected chi connectivity index (χ1v) is 7.61. The Morgan fingerprint density at radius 1 is 1.33 bits per heavy atom. The molecule has 3 heteroatoms. The zero-order chi connectivity index (χ0) is 13.0. The summed E-state index contributed by atoms with van der Waals surface area (Å²) in [6.45, 7) is 4.10. The minimum absolute atomic E-state index is 0.0571. The number of carbonyl (C=O) groups excluding carboxylic acids is 1. The van der Waals surface area contributed by atoms with Gasteiger partial charge in [-0.1, -0.05) is 25.7 Å². The maximum atomic E-state index is 12.4. The van der Waals surface area contributed by atoms with E-state index in [0.29, 0.717) is 5.91 Å². The summed E-state index contributed by atoms with van der Waals surface area (Å²) in [4.78, 5) is 14.5. The third-order valence-corrected chi connectivity index (χ3v) is 4.85. The normalized spacial score (nSPS) is 29.1. The van der Waals surface area contributed by atoms with E-state index in [1.165, 1.54) is 25.7 Å². The quantitative estimate of drug-likeness (QED) is 0.815. The predicted octanol–water partition coefficient (Wildman–Crippen LogP) is 2.56. The van der Waals surface area contributed by atoms with Crippen LogP contribution in [-0.2, 0) is 4.79 Å². The smallest absolute Gasteiger partial charge is 0.223 e. The van der Waals surface area contributed by atoms with Gasteiger partial charge in [-0.05, 0) is 39.2 Å². The van der Waals surface area contributed by atoms with Crippen molar-refractivity contribution in [1.29, 1.82) is 0 Å². The zero-order valence-corrected chi connectivity index (χ0v) is 12.0. The van der Waals surface area contributed by atoms with Crippen molar-refractivity contribution in [2.75, 3.05) is 20.1 Å². The van der Waals surface area contributed by atoms with E-state index < -0.39 is 0 Å². The number of likely N-dealkylation sites (N-methyl/N-ethyl adjacent to an activating group) is 1. The van der Waals surface area contributed by atoms with Crippen LogP contribution in [0.1, 0.15) is 58.3 Å². The van der Waals surface area contributed by atoms with Crippen molar-refractivity contribution in [1.82, 2.24) is 10.2 Å². The van der Waals surface area contributed by atoms with Crippen LogP contribution in [0, 0.1) is 5.92 Å². The minimum Gasteiger partial charge on any atom is -0.336 e. The highest BCUT2D eigenvalue weighted by Crippen LogP contribution is 2.32. The van der Waals surface area contributed by atoms with E-state index in [1.54, 1.807) is 0 Å². The Kier molecular flexibility index (Phi) is 4.66. The predicted molar refractivity (Wildman–Crippen MR) is 74.5 cm³/mol. The van der Waals surface area contributed by atoms with Gasteiger partial charge >= 0.3 is 0 Å². The van der Waals surface area contributed by atoms with Gasteiger partial charge in [-0.2, -0.15) is 0 Å². The molecule has 1 aliphatic carbocycles. The molecular weight excluding hydrogens is 224 g/mol. The third-order valence-electron chi connectivity index (χ3n) is 4.85. The van der Waals surface area contributed by atoms with E-state index >= 15 is 0 Å². The lowest BCUT2D eigenvalue weighted by atomic mass is 9.97. The van der Waals surface area contributed by atoms with E-state index in [9.17, 15) is 4.79 Å². The Morgan fingerprint density at radius 3 is 2.72 bits per heavy atom. The molecule has 0 spiro atoms. The molecule has 0 aromatic rings. The highest BCUT2D eigenvalue weighted by Gasteiger charge is 2.38. The lowest BCUT2D eigenvalue weighted by Crippen LogP contribution is -2.50. The zero-order valence-electron chi connectivity index (χ0n) is 12.0. The number of nitrogens with zero attached hydrogens (tertiary/aromatic N) is 1. The molecule has 104 valence electrons. The molecule has 3 nitrogen and oxygen atoms in total. The molecule has 0 bridgehead atoms. The molecule has 0 radical (unpaired) electrons. The molecular formula is C15H28N2O. The van der Waals surface area contributed by atoms with E-state index in [-0.39, 0.29) is 5.54 Å². The van der Waals surface area contributed by atoms with Crippen molar-refractivity contribution in [2.24, 2.45) is 5.92 Å². The Balaban J connectivity index is 1.83. The SMILES string of the molecule is CNCC1(C)CCCN1C(=O)CCC1CCCC1. The average molecular weight is 252 g/mol. The molecule has 18 heavy (non-hydrogen) atoms.